The molecule has 3 nitrogen and oxygen atoms in total. The lowest BCUT2D eigenvalue weighted by molar-refractivity contribution is -0.121. The molecule has 1 amide bonds. The molecule has 1 saturated carbocycles. The number of benzene rings is 1. The number of anilines is 1. The van der Waals surface area contributed by atoms with Crippen LogP contribution in [0.25, 0.3) is 0 Å². The van der Waals surface area contributed by atoms with E-state index >= 15 is 0 Å². The molecule has 78 valence electrons. The van der Waals surface area contributed by atoms with Gasteiger partial charge in [-0.25, -0.2) is 0 Å². The van der Waals surface area contributed by atoms with Crippen LogP contribution in [0.5, 0.6) is 0 Å². The summed E-state index contributed by atoms with van der Waals surface area (Å²) in [6.45, 7) is 0. The number of carbonyl (C=O) groups excluding carboxylic acids is 1. The van der Waals surface area contributed by atoms with Crippen LogP contribution in [0.1, 0.15) is 18.4 Å². The van der Waals surface area contributed by atoms with E-state index in [1.807, 2.05) is 18.2 Å². The molecular formula is C12H14N2O. The Balaban J connectivity index is 1.69. The van der Waals surface area contributed by atoms with Gasteiger partial charge >= 0.3 is 0 Å². The Bertz CT molecular complexity index is 373. The average Bonchev–Trinajstić information content (AvgIpc) is 2.95. The van der Waals surface area contributed by atoms with Gasteiger partial charge in [0.1, 0.15) is 6.04 Å². The van der Waals surface area contributed by atoms with Gasteiger partial charge in [-0.2, -0.15) is 0 Å². The first-order valence-corrected chi connectivity index (χ1v) is 5.48. The number of rotatable bonds is 2. The van der Waals surface area contributed by atoms with E-state index in [0.717, 1.165) is 24.9 Å². The summed E-state index contributed by atoms with van der Waals surface area (Å²) in [5.74, 6) is 0.147. The fourth-order valence-corrected chi connectivity index (χ4v) is 1.99. The SMILES string of the molecule is O=C(NC1CC1)[C@@H]1Cc2ccccc2N1. The van der Waals surface area contributed by atoms with E-state index in [9.17, 15) is 4.79 Å². The first-order chi connectivity index (χ1) is 7.33. The van der Waals surface area contributed by atoms with Crippen molar-refractivity contribution in [3.63, 3.8) is 0 Å². The highest BCUT2D eigenvalue weighted by Gasteiger charge is 2.30. The minimum absolute atomic E-state index is 0.0667. The summed E-state index contributed by atoms with van der Waals surface area (Å²) in [5.41, 5.74) is 2.35. The molecule has 1 aliphatic heterocycles. The van der Waals surface area contributed by atoms with E-state index in [1.54, 1.807) is 0 Å². The Morgan fingerprint density at radius 1 is 1.33 bits per heavy atom. The van der Waals surface area contributed by atoms with E-state index in [1.165, 1.54) is 5.56 Å². The van der Waals surface area contributed by atoms with Crippen LogP contribution in [-0.2, 0) is 11.2 Å². The van der Waals surface area contributed by atoms with Crippen molar-refractivity contribution in [2.45, 2.75) is 31.3 Å². The zero-order valence-corrected chi connectivity index (χ0v) is 8.49. The fourth-order valence-electron chi connectivity index (χ4n) is 1.99. The maximum absolute atomic E-state index is 11.8. The number of amides is 1. The van der Waals surface area contributed by atoms with Crippen LogP contribution in [0, 0.1) is 0 Å². The van der Waals surface area contributed by atoms with Crippen molar-refractivity contribution >= 4 is 11.6 Å². The summed E-state index contributed by atoms with van der Waals surface area (Å²) in [6, 6.07) is 8.49. The molecule has 0 aromatic heterocycles. The van der Waals surface area contributed by atoms with E-state index in [-0.39, 0.29) is 11.9 Å². The van der Waals surface area contributed by atoms with Gasteiger partial charge in [-0.3, -0.25) is 4.79 Å². The third-order valence-corrected chi connectivity index (χ3v) is 3.01. The number of hydrogen-bond donors (Lipinski definition) is 2. The Hall–Kier alpha value is -1.51. The lowest BCUT2D eigenvalue weighted by Crippen LogP contribution is -2.39. The van der Waals surface area contributed by atoms with Gasteiger partial charge in [0, 0.05) is 18.2 Å². The Labute approximate surface area is 88.9 Å². The first kappa shape index (κ1) is 8.77. The Morgan fingerprint density at radius 3 is 2.87 bits per heavy atom. The van der Waals surface area contributed by atoms with Crippen LogP contribution in [0.3, 0.4) is 0 Å². The molecule has 2 N–H and O–H groups in total. The van der Waals surface area contributed by atoms with Gasteiger partial charge in [-0.1, -0.05) is 18.2 Å². The van der Waals surface area contributed by atoms with Gasteiger partial charge < -0.3 is 10.6 Å². The third kappa shape index (κ3) is 1.69. The van der Waals surface area contributed by atoms with E-state index in [0.29, 0.717) is 6.04 Å². The highest BCUT2D eigenvalue weighted by atomic mass is 16.2. The molecule has 1 atom stereocenters. The van der Waals surface area contributed by atoms with Gasteiger partial charge in [-0.05, 0) is 24.5 Å². The molecule has 0 spiro atoms. The molecule has 0 radical (unpaired) electrons. The van der Waals surface area contributed by atoms with Gasteiger partial charge in [0.15, 0.2) is 0 Å². The van der Waals surface area contributed by atoms with Gasteiger partial charge in [-0.15, -0.1) is 0 Å². The molecule has 3 rings (SSSR count). The summed E-state index contributed by atoms with van der Waals surface area (Å²) in [6.07, 6.45) is 3.10. The van der Waals surface area contributed by atoms with Crippen LogP contribution in [0.4, 0.5) is 5.69 Å². The highest BCUT2D eigenvalue weighted by molar-refractivity contribution is 5.87. The molecule has 1 fully saturated rings. The van der Waals surface area contributed by atoms with E-state index < -0.39 is 0 Å². The van der Waals surface area contributed by atoms with Gasteiger partial charge in [0.2, 0.25) is 5.91 Å². The molecule has 1 aromatic rings. The molecule has 1 heterocycles. The first-order valence-electron chi connectivity index (χ1n) is 5.48. The molecule has 1 aromatic carbocycles. The molecule has 15 heavy (non-hydrogen) atoms. The summed E-state index contributed by atoms with van der Waals surface area (Å²) in [5, 5.41) is 6.28. The summed E-state index contributed by atoms with van der Waals surface area (Å²) in [7, 11) is 0. The average molecular weight is 202 g/mol. The fraction of sp³-hybridized carbons (Fsp3) is 0.417. The van der Waals surface area contributed by atoms with E-state index in [4.69, 9.17) is 0 Å². The number of fused-ring (bicyclic) bond motifs is 1. The predicted octanol–water partition coefficient (Wildman–Crippen LogP) is 1.30. The van der Waals surface area contributed by atoms with Crippen LogP contribution in [0.2, 0.25) is 0 Å². The Morgan fingerprint density at radius 2 is 2.13 bits per heavy atom. The second kappa shape index (κ2) is 3.26. The molecule has 0 bridgehead atoms. The van der Waals surface area contributed by atoms with Crippen molar-refractivity contribution in [2.24, 2.45) is 0 Å². The second-order valence-electron chi connectivity index (χ2n) is 4.34. The Kier molecular flexibility index (Phi) is 1.91. The third-order valence-electron chi connectivity index (χ3n) is 3.01. The van der Waals surface area contributed by atoms with Crippen LogP contribution in [0.15, 0.2) is 24.3 Å². The molecular weight excluding hydrogens is 188 g/mol. The molecule has 0 unspecified atom stereocenters. The monoisotopic (exact) mass is 202 g/mol. The molecule has 0 saturated heterocycles. The standard InChI is InChI=1S/C12H14N2O/c15-12(13-9-5-6-9)11-7-8-3-1-2-4-10(8)14-11/h1-4,9,11,14H,5-7H2,(H,13,15)/t11-/m0/s1. The smallest absolute Gasteiger partial charge is 0.243 e. The largest absolute Gasteiger partial charge is 0.373 e. The lowest BCUT2D eigenvalue weighted by atomic mass is 10.1. The van der Waals surface area contributed by atoms with Crippen molar-refractivity contribution in [1.29, 1.82) is 0 Å². The van der Waals surface area contributed by atoms with Crippen LogP contribution < -0.4 is 10.6 Å². The number of para-hydroxylation sites is 1. The highest BCUT2D eigenvalue weighted by Crippen LogP contribution is 2.26. The topological polar surface area (TPSA) is 41.1 Å². The zero-order valence-electron chi connectivity index (χ0n) is 8.49. The second-order valence-corrected chi connectivity index (χ2v) is 4.34. The number of nitrogens with one attached hydrogen (secondary N) is 2. The summed E-state index contributed by atoms with van der Waals surface area (Å²) < 4.78 is 0. The maximum Gasteiger partial charge on any atom is 0.243 e. The number of carbonyl (C=O) groups is 1. The van der Waals surface area contributed by atoms with Crippen LogP contribution >= 0.6 is 0 Å². The van der Waals surface area contributed by atoms with Crippen molar-refractivity contribution < 1.29 is 4.79 Å². The number of hydrogen-bond acceptors (Lipinski definition) is 2. The maximum atomic E-state index is 11.8. The van der Waals surface area contributed by atoms with E-state index in [2.05, 4.69) is 16.7 Å². The van der Waals surface area contributed by atoms with Gasteiger partial charge in [0.05, 0.1) is 0 Å². The van der Waals surface area contributed by atoms with Crippen molar-refractivity contribution in [3.05, 3.63) is 29.8 Å². The van der Waals surface area contributed by atoms with Crippen molar-refractivity contribution in [1.82, 2.24) is 5.32 Å². The molecule has 2 aliphatic rings. The minimum Gasteiger partial charge on any atom is -0.373 e. The van der Waals surface area contributed by atoms with Gasteiger partial charge in [0.25, 0.3) is 0 Å². The minimum atomic E-state index is -0.0667. The summed E-state index contributed by atoms with van der Waals surface area (Å²) >= 11 is 0. The van der Waals surface area contributed by atoms with Crippen molar-refractivity contribution in [2.75, 3.05) is 5.32 Å². The lowest BCUT2D eigenvalue weighted by Gasteiger charge is -2.10. The zero-order chi connectivity index (χ0) is 10.3. The predicted molar refractivity (Wildman–Crippen MR) is 58.7 cm³/mol. The summed E-state index contributed by atoms with van der Waals surface area (Å²) in [4.78, 5) is 11.8. The normalized spacial score (nSPS) is 23.1. The molecule has 3 heteroatoms. The molecule has 1 aliphatic carbocycles. The quantitative estimate of drug-likeness (QED) is 0.759. The van der Waals surface area contributed by atoms with Crippen molar-refractivity contribution in [3.8, 4) is 0 Å². The van der Waals surface area contributed by atoms with Crippen LogP contribution in [-0.4, -0.2) is 18.0 Å².